The molecule has 0 fully saturated rings. The summed E-state index contributed by atoms with van der Waals surface area (Å²) in [7, 11) is -2.56. The summed E-state index contributed by atoms with van der Waals surface area (Å²) < 4.78 is 38.4. The Morgan fingerprint density at radius 1 is 1.03 bits per heavy atom. The topological polar surface area (TPSA) is 128 Å². The van der Waals surface area contributed by atoms with E-state index in [4.69, 9.17) is 9.47 Å². The Balaban J connectivity index is 1.83. The highest BCUT2D eigenvalue weighted by Gasteiger charge is 2.25. The van der Waals surface area contributed by atoms with Gasteiger partial charge in [0.15, 0.2) is 12.4 Å². The van der Waals surface area contributed by atoms with Crippen LogP contribution in [0.4, 0.5) is 17.1 Å². The molecule has 0 radical (unpaired) electrons. The number of methoxy groups -OCH3 is 1. The van der Waals surface area contributed by atoms with E-state index in [1.165, 1.54) is 47.8 Å². The van der Waals surface area contributed by atoms with Crippen LogP contribution in [0.3, 0.4) is 0 Å². The lowest BCUT2D eigenvalue weighted by Gasteiger charge is -2.23. The molecule has 0 spiro atoms. The average molecular weight is 486 g/mol. The summed E-state index contributed by atoms with van der Waals surface area (Å²) in [5, 5.41) is 13.7. The monoisotopic (exact) mass is 485 g/mol. The molecule has 0 unspecified atom stereocenters. The van der Waals surface area contributed by atoms with Gasteiger partial charge in [0, 0.05) is 12.6 Å². The molecule has 0 aliphatic carbocycles. The number of carbonyl (C=O) groups is 1. The lowest BCUT2D eigenvalue weighted by molar-refractivity contribution is -0.385. The zero-order chi connectivity index (χ0) is 24.7. The highest BCUT2D eigenvalue weighted by atomic mass is 32.2. The summed E-state index contributed by atoms with van der Waals surface area (Å²) in [4.78, 5) is 22.9. The van der Waals surface area contributed by atoms with Crippen LogP contribution >= 0.6 is 0 Å². The van der Waals surface area contributed by atoms with Crippen molar-refractivity contribution in [2.45, 2.75) is 11.8 Å². The lowest BCUT2D eigenvalue weighted by atomic mass is 10.3. The van der Waals surface area contributed by atoms with E-state index in [-0.39, 0.29) is 34.3 Å². The van der Waals surface area contributed by atoms with E-state index in [1.807, 2.05) is 0 Å². The standard InChI is InChI=1S/C23H23N3O7S/c1-3-25(17-9-5-4-6-10-17)34(30,31)18-13-14-21(32-2)19(15-18)24-23(27)16-33-22-12-8-7-11-20(22)26(28)29/h4-15H,3,16H2,1-2H3,(H,24,27). The largest absolute Gasteiger partial charge is 0.495 e. The van der Waals surface area contributed by atoms with Gasteiger partial charge in [-0.3, -0.25) is 19.2 Å². The van der Waals surface area contributed by atoms with E-state index >= 15 is 0 Å². The van der Waals surface area contributed by atoms with Crippen molar-refractivity contribution < 1.29 is 27.6 Å². The van der Waals surface area contributed by atoms with Gasteiger partial charge in [-0.2, -0.15) is 0 Å². The number of nitrogens with zero attached hydrogens (tertiary/aromatic N) is 2. The zero-order valence-corrected chi connectivity index (χ0v) is 19.3. The van der Waals surface area contributed by atoms with Gasteiger partial charge in [-0.1, -0.05) is 30.3 Å². The SMILES string of the molecule is CCN(c1ccccc1)S(=O)(=O)c1ccc(OC)c(NC(=O)COc2ccccc2[N+](=O)[O-])c1. The van der Waals surface area contributed by atoms with Gasteiger partial charge in [-0.15, -0.1) is 0 Å². The molecule has 1 amide bonds. The fourth-order valence-electron chi connectivity index (χ4n) is 3.22. The Bertz CT molecular complexity index is 1280. The Morgan fingerprint density at radius 2 is 1.71 bits per heavy atom. The van der Waals surface area contributed by atoms with Crippen LogP contribution < -0.4 is 19.1 Å². The molecular formula is C23H23N3O7S. The second-order valence-electron chi connectivity index (χ2n) is 6.93. The Kier molecular flexibility index (Phi) is 7.69. The molecule has 0 heterocycles. The molecule has 0 aromatic heterocycles. The predicted molar refractivity (Wildman–Crippen MR) is 127 cm³/mol. The van der Waals surface area contributed by atoms with E-state index in [2.05, 4.69) is 5.32 Å². The molecule has 10 nitrogen and oxygen atoms in total. The molecule has 0 aliphatic heterocycles. The number of benzene rings is 3. The van der Waals surface area contributed by atoms with Crippen LogP contribution in [-0.4, -0.2) is 39.5 Å². The minimum atomic E-state index is -3.94. The normalized spacial score (nSPS) is 10.9. The number of hydrogen-bond acceptors (Lipinski definition) is 7. The third-order valence-electron chi connectivity index (χ3n) is 4.79. The summed E-state index contributed by atoms with van der Waals surface area (Å²) in [5.41, 5.74) is 0.342. The number of nitro benzene ring substituents is 1. The smallest absolute Gasteiger partial charge is 0.310 e. The Hall–Kier alpha value is -4.12. The Morgan fingerprint density at radius 3 is 2.35 bits per heavy atom. The average Bonchev–Trinajstić information content (AvgIpc) is 2.83. The van der Waals surface area contributed by atoms with Crippen molar-refractivity contribution in [3.8, 4) is 11.5 Å². The van der Waals surface area contributed by atoms with Crippen molar-refractivity contribution in [1.82, 2.24) is 0 Å². The predicted octanol–water partition coefficient (Wildman–Crippen LogP) is 3.84. The fourth-order valence-corrected chi connectivity index (χ4v) is 4.72. The van der Waals surface area contributed by atoms with Crippen LogP contribution in [0.5, 0.6) is 11.5 Å². The van der Waals surface area contributed by atoms with E-state index in [1.54, 1.807) is 43.3 Å². The maximum atomic E-state index is 13.3. The van der Waals surface area contributed by atoms with Crippen molar-refractivity contribution in [2.24, 2.45) is 0 Å². The second-order valence-corrected chi connectivity index (χ2v) is 8.79. The molecule has 0 saturated heterocycles. The number of rotatable bonds is 10. The van der Waals surface area contributed by atoms with Gasteiger partial charge in [-0.25, -0.2) is 8.42 Å². The molecule has 3 rings (SSSR count). The van der Waals surface area contributed by atoms with Crippen molar-refractivity contribution in [1.29, 1.82) is 0 Å². The number of sulfonamides is 1. The molecule has 0 atom stereocenters. The van der Waals surface area contributed by atoms with Gasteiger partial charge < -0.3 is 14.8 Å². The first-order chi connectivity index (χ1) is 16.3. The van der Waals surface area contributed by atoms with Gasteiger partial charge in [0.2, 0.25) is 0 Å². The van der Waals surface area contributed by atoms with Crippen molar-refractivity contribution >= 4 is 33.0 Å². The van der Waals surface area contributed by atoms with E-state index in [9.17, 15) is 23.3 Å². The van der Waals surface area contributed by atoms with Crippen LogP contribution in [0.15, 0.2) is 77.7 Å². The molecule has 1 N–H and O–H groups in total. The van der Waals surface area contributed by atoms with E-state index in [0.29, 0.717) is 5.69 Å². The number of nitro groups is 1. The van der Waals surface area contributed by atoms with Crippen LogP contribution in [0.25, 0.3) is 0 Å². The number of anilines is 2. The maximum absolute atomic E-state index is 13.3. The van der Waals surface area contributed by atoms with Crippen LogP contribution in [-0.2, 0) is 14.8 Å². The second kappa shape index (κ2) is 10.7. The number of para-hydroxylation sites is 3. The molecule has 0 aliphatic rings. The highest BCUT2D eigenvalue weighted by Crippen LogP contribution is 2.31. The first kappa shape index (κ1) is 24.5. The number of hydrogen-bond donors (Lipinski definition) is 1. The molecule has 178 valence electrons. The molecule has 3 aromatic rings. The quantitative estimate of drug-likeness (QED) is 0.341. The minimum Gasteiger partial charge on any atom is -0.495 e. The fraction of sp³-hybridized carbons (Fsp3) is 0.174. The molecule has 0 saturated carbocycles. The van der Waals surface area contributed by atoms with E-state index in [0.717, 1.165) is 0 Å². The molecule has 3 aromatic carbocycles. The molecular weight excluding hydrogens is 462 g/mol. The van der Waals surface area contributed by atoms with E-state index < -0.39 is 27.5 Å². The number of amides is 1. The number of carbonyl (C=O) groups excluding carboxylic acids is 1. The summed E-state index contributed by atoms with van der Waals surface area (Å²) in [5.74, 6) is -0.477. The zero-order valence-electron chi connectivity index (χ0n) is 18.5. The third kappa shape index (κ3) is 5.44. The van der Waals surface area contributed by atoms with Crippen molar-refractivity contribution in [2.75, 3.05) is 29.9 Å². The highest BCUT2D eigenvalue weighted by molar-refractivity contribution is 7.92. The number of nitrogens with one attached hydrogen (secondary N) is 1. The van der Waals surface area contributed by atoms with Crippen LogP contribution in [0.1, 0.15) is 6.92 Å². The number of ether oxygens (including phenoxy) is 2. The van der Waals surface area contributed by atoms with Crippen LogP contribution in [0, 0.1) is 10.1 Å². The van der Waals surface area contributed by atoms with Gasteiger partial charge >= 0.3 is 5.69 Å². The van der Waals surface area contributed by atoms with Gasteiger partial charge in [0.1, 0.15) is 5.75 Å². The summed E-state index contributed by atoms with van der Waals surface area (Å²) in [6, 6.07) is 18.4. The Labute approximate surface area is 196 Å². The summed E-state index contributed by atoms with van der Waals surface area (Å²) in [6.45, 7) is 1.39. The molecule has 11 heteroatoms. The van der Waals surface area contributed by atoms with Gasteiger partial charge in [0.25, 0.3) is 15.9 Å². The van der Waals surface area contributed by atoms with Crippen LogP contribution in [0.2, 0.25) is 0 Å². The summed E-state index contributed by atoms with van der Waals surface area (Å²) >= 11 is 0. The minimum absolute atomic E-state index is 0.0473. The summed E-state index contributed by atoms with van der Waals surface area (Å²) in [6.07, 6.45) is 0. The maximum Gasteiger partial charge on any atom is 0.310 e. The van der Waals surface area contributed by atoms with Gasteiger partial charge in [0.05, 0.1) is 28.3 Å². The first-order valence-corrected chi connectivity index (χ1v) is 11.6. The molecule has 34 heavy (non-hydrogen) atoms. The van der Waals surface area contributed by atoms with Crippen molar-refractivity contribution in [3.05, 3.63) is 82.9 Å². The first-order valence-electron chi connectivity index (χ1n) is 10.2. The third-order valence-corrected chi connectivity index (χ3v) is 6.68. The van der Waals surface area contributed by atoms with Crippen molar-refractivity contribution in [3.63, 3.8) is 0 Å². The lowest BCUT2D eigenvalue weighted by Crippen LogP contribution is -2.30. The molecule has 0 bridgehead atoms. The van der Waals surface area contributed by atoms with Gasteiger partial charge in [-0.05, 0) is 43.3 Å².